The Hall–Kier alpha value is -1.73. The average Bonchev–Trinajstić information content (AvgIpc) is 2.35. The molecule has 0 aliphatic carbocycles. The van der Waals surface area contributed by atoms with E-state index in [1.165, 1.54) is 6.33 Å². The van der Waals surface area contributed by atoms with E-state index in [0.717, 1.165) is 5.57 Å². The molecular formula is C13H19ClN4O3. The fourth-order valence-electron chi connectivity index (χ4n) is 1.36. The lowest BCUT2D eigenvalue weighted by Gasteiger charge is -2.19. The number of aromatic nitrogens is 2. The quantitative estimate of drug-likeness (QED) is 0.375. The van der Waals surface area contributed by atoms with Gasteiger partial charge in [0.25, 0.3) is 0 Å². The molecule has 0 aliphatic heterocycles. The van der Waals surface area contributed by atoms with Crippen molar-refractivity contribution in [2.45, 2.75) is 33.3 Å². The number of halogens is 1. The van der Waals surface area contributed by atoms with Crippen LogP contribution in [0.25, 0.3) is 0 Å². The van der Waals surface area contributed by atoms with Gasteiger partial charge in [0.15, 0.2) is 0 Å². The molecule has 0 fully saturated rings. The van der Waals surface area contributed by atoms with Crippen molar-refractivity contribution in [3.8, 4) is 0 Å². The monoisotopic (exact) mass is 314 g/mol. The highest BCUT2D eigenvalue weighted by Gasteiger charge is 2.20. The smallest absolute Gasteiger partial charge is 0.348 e. The maximum Gasteiger partial charge on any atom is 0.348 e. The van der Waals surface area contributed by atoms with E-state index in [4.69, 9.17) is 16.3 Å². The molecule has 0 aromatic carbocycles. The third-order valence-corrected chi connectivity index (χ3v) is 2.69. The van der Waals surface area contributed by atoms with E-state index in [9.17, 15) is 10.1 Å². The number of nitrogens with zero attached hydrogens (tertiary/aromatic N) is 3. The van der Waals surface area contributed by atoms with Crippen molar-refractivity contribution in [2.24, 2.45) is 0 Å². The maximum atomic E-state index is 10.9. The molecule has 1 rings (SSSR count). The van der Waals surface area contributed by atoms with Gasteiger partial charge in [0, 0.05) is 6.54 Å². The molecule has 21 heavy (non-hydrogen) atoms. The van der Waals surface area contributed by atoms with Crippen LogP contribution in [0.1, 0.15) is 27.7 Å². The molecule has 0 bridgehead atoms. The molecule has 0 unspecified atom stereocenters. The molecule has 1 N–H and O–H groups in total. The maximum absolute atomic E-state index is 10.9. The van der Waals surface area contributed by atoms with Crippen LogP contribution < -0.4 is 5.32 Å². The standard InChI is InChI=1S/C13H19ClN4O3/c1-9(7-21-13(2,3)4)5-6-15-12-10(18(19)20)11(14)16-8-17-12/h5,8H,6-7H2,1-4H3,(H,15,16,17)/b9-5+. The van der Waals surface area contributed by atoms with Gasteiger partial charge in [-0.1, -0.05) is 23.3 Å². The van der Waals surface area contributed by atoms with Crippen LogP contribution in [0, 0.1) is 10.1 Å². The molecule has 0 saturated heterocycles. The van der Waals surface area contributed by atoms with Gasteiger partial charge in [0.1, 0.15) is 6.33 Å². The molecular weight excluding hydrogens is 296 g/mol. The van der Waals surface area contributed by atoms with Crippen molar-refractivity contribution in [3.63, 3.8) is 0 Å². The zero-order valence-electron chi connectivity index (χ0n) is 12.5. The Morgan fingerprint density at radius 3 is 2.76 bits per heavy atom. The summed E-state index contributed by atoms with van der Waals surface area (Å²) < 4.78 is 5.62. The van der Waals surface area contributed by atoms with Crippen molar-refractivity contribution in [3.05, 3.63) is 33.2 Å². The lowest BCUT2D eigenvalue weighted by molar-refractivity contribution is -0.384. The topological polar surface area (TPSA) is 90.2 Å². The van der Waals surface area contributed by atoms with Crippen molar-refractivity contribution < 1.29 is 9.66 Å². The Labute approximate surface area is 128 Å². The van der Waals surface area contributed by atoms with Crippen LogP contribution in [0.2, 0.25) is 5.15 Å². The fourth-order valence-corrected chi connectivity index (χ4v) is 1.56. The highest BCUT2D eigenvalue weighted by atomic mass is 35.5. The van der Waals surface area contributed by atoms with Crippen LogP contribution in [0.3, 0.4) is 0 Å². The third kappa shape index (κ3) is 6.05. The first-order valence-electron chi connectivity index (χ1n) is 6.39. The lowest BCUT2D eigenvalue weighted by atomic mass is 10.2. The fraction of sp³-hybridized carbons (Fsp3) is 0.538. The van der Waals surface area contributed by atoms with E-state index in [-0.39, 0.29) is 22.3 Å². The molecule has 8 heteroatoms. The van der Waals surface area contributed by atoms with Crippen molar-refractivity contribution in [2.75, 3.05) is 18.5 Å². The molecule has 1 aromatic rings. The normalized spacial score (nSPS) is 12.3. The number of hydrogen-bond donors (Lipinski definition) is 1. The second kappa shape index (κ2) is 7.33. The van der Waals surface area contributed by atoms with Crippen LogP contribution in [0.15, 0.2) is 18.0 Å². The van der Waals surface area contributed by atoms with Crippen molar-refractivity contribution >= 4 is 23.1 Å². The predicted octanol–water partition coefficient (Wildman–Crippen LogP) is 3.21. The van der Waals surface area contributed by atoms with Gasteiger partial charge in [-0.25, -0.2) is 9.97 Å². The Kier molecular flexibility index (Phi) is 6.04. The van der Waals surface area contributed by atoms with Gasteiger partial charge in [-0.3, -0.25) is 10.1 Å². The lowest BCUT2D eigenvalue weighted by Crippen LogP contribution is -2.20. The molecule has 0 saturated carbocycles. The van der Waals surface area contributed by atoms with Crippen LogP contribution in [-0.2, 0) is 4.74 Å². The second-order valence-corrected chi connectivity index (χ2v) is 5.81. The number of hydrogen-bond acceptors (Lipinski definition) is 6. The summed E-state index contributed by atoms with van der Waals surface area (Å²) >= 11 is 5.70. The summed E-state index contributed by atoms with van der Waals surface area (Å²) in [6, 6.07) is 0. The molecule has 0 spiro atoms. The van der Waals surface area contributed by atoms with Gasteiger partial charge in [0.05, 0.1) is 17.1 Å². The summed E-state index contributed by atoms with van der Waals surface area (Å²) in [5.74, 6) is 0.0980. The Morgan fingerprint density at radius 1 is 1.52 bits per heavy atom. The van der Waals surface area contributed by atoms with E-state index in [1.807, 2.05) is 33.8 Å². The molecule has 7 nitrogen and oxygen atoms in total. The van der Waals surface area contributed by atoms with Gasteiger partial charge in [-0.15, -0.1) is 0 Å². The Bertz CT molecular complexity index is 541. The molecule has 1 aromatic heterocycles. The number of rotatable bonds is 6. The predicted molar refractivity (Wildman–Crippen MR) is 81.6 cm³/mol. The highest BCUT2D eigenvalue weighted by molar-refractivity contribution is 6.31. The third-order valence-electron chi connectivity index (χ3n) is 2.41. The molecule has 116 valence electrons. The summed E-state index contributed by atoms with van der Waals surface area (Å²) in [5, 5.41) is 13.6. The Morgan fingerprint density at radius 2 is 2.19 bits per heavy atom. The molecule has 0 aliphatic rings. The minimum Gasteiger partial charge on any atom is -0.372 e. The van der Waals surface area contributed by atoms with Gasteiger partial charge < -0.3 is 10.1 Å². The van der Waals surface area contributed by atoms with E-state index in [0.29, 0.717) is 13.2 Å². The zero-order valence-corrected chi connectivity index (χ0v) is 13.3. The number of nitrogens with one attached hydrogen (secondary N) is 1. The van der Waals surface area contributed by atoms with E-state index >= 15 is 0 Å². The van der Waals surface area contributed by atoms with Crippen LogP contribution >= 0.6 is 11.6 Å². The Balaban J connectivity index is 2.64. The summed E-state index contributed by atoms with van der Waals surface area (Å²) in [4.78, 5) is 17.7. The largest absolute Gasteiger partial charge is 0.372 e. The minimum absolute atomic E-state index is 0.0980. The first-order chi connectivity index (χ1) is 9.70. The number of ether oxygens (including phenoxy) is 1. The molecule has 0 radical (unpaired) electrons. The second-order valence-electron chi connectivity index (χ2n) is 5.45. The summed E-state index contributed by atoms with van der Waals surface area (Å²) in [6.45, 7) is 8.74. The SMILES string of the molecule is C/C(=C\CNc1ncnc(Cl)c1[N+](=O)[O-])COC(C)(C)C. The van der Waals surface area contributed by atoms with E-state index < -0.39 is 4.92 Å². The number of nitro groups is 1. The van der Waals surface area contributed by atoms with Gasteiger partial charge >= 0.3 is 5.69 Å². The molecule has 0 amide bonds. The van der Waals surface area contributed by atoms with Crippen LogP contribution in [0.4, 0.5) is 11.5 Å². The highest BCUT2D eigenvalue weighted by Crippen LogP contribution is 2.27. The average molecular weight is 315 g/mol. The van der Waals surface area contributed by atoms with E-state index in [2.05, 4.69) is 15.3 Å². The minimum atomic E-state index is -0.607. The first-order valence-corrected chi connectivity index (χ1v) is 6.77. The van der Waals surface area contributed by atoms with Crippen molar-refractivity contribution in [1.82, 2.24) is 9.97 Å². The summed E-state index contributed by atoms with van der Waals surface area (Å²) in [5.41, 5.74) is 0.484. The van der Waals surface area contributed by atoms with Crippen molar-refractivity contribution in [1.29, 1.82) is 0 Å². The van der Waals surface area contributed by atoms with Crippen LogP contribution in [-0.4, -0.2) is 33.6 Å². The molecule has 0 atom stereocenters. The van der Waals surface area contributed by atoms with Gasteiger partial charge in [0.2, 0.25) is 11.0 Å². The summed E-state index contributed by atoms with van der Waals surface area (Å²) in [7, 11) is 0. The first kappa shape index (κ1) is 17.3. The zero-order chi connectivity index (χ0) is 16.0. The van der Waals surface area contributed by atoms with Gasteiger partial charge in [-0.05, 0) is 27.7 Å². The molecule has 1 heterocycles. The van der Waals surface area contributed by atoms with Crippen LogP contribution in [0.5, 0.6) is 0 Å². The summed E-state index contributed by atoms with van der Waals surface area (Å²) in [6.07, 6.45) is 3.06. The van der Waals surface area contributed by atoms with Gasteiger partial charge in [-0.2, -0.15) is 0 Å². The van der Waals surface area contributed by atoms with E-state index in [1.54, 1.807) is 0 Å². The number of anilines is 1.